The van der Waals surface area contributed by atoms with Crippen LogP contribution < -0.4 is 0 Å². The molecule has 0 N–H and O–H groups in total. The zero-order valence-corrected chi connectivity index (χ0v) is 14.1. The van der Waals surface area contributed by atoms with Gasteiger partial charge in [-0.1, -0.05) is 30.9 Å². The van der Waals surface area contributed by atoms with E-state index in [-0.39, 0.29) is 6.10 Å². The highest BCUT2D eigenvalue weighted by Crippen LogP contribution is 2.45. The minimum Gasteiger partial charge on any atom is -0.373 e. The molecule has 1 aromatic rings. The first-order chi connectivity index (χ1) is 9.70. The molecule has 1 heterocycles. The standard InChI is InChI=1S/C15H20BrClN2O/c1-20-13(10-5-3-2-4-6-10)15-18-12(9-7-8-9)11(16)14(17)19-15/h9-10,13H,2-8H2,1H3. The maximum absolute atomic E-state index is 6.28. The summed E-state index contributed by atoms with van der Waals surface area (Å²) < 4.78 is 6.59. The van der Waals surface area contributed by atoms with Gasteiger partial charge in [-0.05, 0) is 47.5 Å². The number of aromatic nitrogens is 2. The molecule has 2 fully saturated rings. The molecule has 1 unspecified atom stereocenters. The fourth-order valence-electron chi connectivity index (χ4n) is 3.15. The number of hydrogen-bond acceptors (Lipinski definition) is 3. The van der Waals surface area contributed by atoms with E-state index in [0.717, 1.165) is 16.0 Å². The summed E-state index contributed by atoms with van der Waals surface area (Å²) in [5, 5.41) is 0.523. The van der Waals surface area contributed by atoms with Crippen molar-refractivity contribution in [3.05, 3.63) is 21.1 Å². The molecule has 0 radical (unpaired) electrons. The minimum atomic E-state index is -0.0154. The summed E-state index contributed by atoms with van der Waals surface area (Å²) in [5.41, 5.74) is 1.07. The number of methoxy groups -OCH3 is 1. The largest absolute Gasteiger partial charge is 0.373 e. The highest BCUT2D eigenvalue weighted by Gasteiger charge is 2.32. The average molecular weight is 360 g/mol. The molecule has 2 aliphatic rings. The van der Waals surface area contributed by atoms with Gasteiger partial charge < -0.3 is 4.74 Å². The molecule has 0 saturated heterocycles. The van der Waals surface area contributed by atoms with Gasteiger partial charge in [0.1, 0.15) is 11.3 Å². The molecule has 0 spiro atoms. The van der Waals surface area contributed by atoms with Gasteiger partial charge in [0, 0.05) is 13.0 Å². The van der Waals surface area contributed by atoms with Gasteiger partial charge in [-0.3, -0.25) is 0 Å². The van der Waals surface area contributed by atoms with Gasteiger partial charge in [-0.25, -0.2) is 9.97 Å². The molecule has 2 aliphatic carbocycles. The molecule has 1 aromatic heterocycles. The van der Waals surface area contributed by atoms with Crippen LogP contribution in [0.1, 0.15) is 68.5 Å². The Morgan fingerprint density at radius 1 is 1.15 bits per heavy atom. The Kier molecular flexibility index (Phi) is 4.63. The molecule has 0 aliphatic heterocycles. The topological polar surface area (TPSA) is 35.0 Å². The third kappa shape index (κ3) is 3.02. The molecule has 1 atom stereocenters. The lowest BCUT2D eigenvalue weighted by atomic mass is 9.85. The smallest absolute Gasteiger partial charge is 0.159 e. The Balaban J connectivity index is 1.90. The lowest BCUT2D eigenvalue weighted by Crippen LogP contribution is -2.21. The Bertz CT molecular complexity index is 487. The summed E-state index contributed by atoms with van der Waals surface area (Å²) in [5.74, 6) is 1.85. The molecule has 3 nitrogen and oxygen atoms in total. The van der Waals surface area contributed by atoms with E-state index in [0.29, 0.717) is 17.0 Å². The highest BCUT2D eigenvalue weighted by atomic mass is 79.9. The van der Waals surface area contributed by atoms with Crippen molar-refractivity contribution in [1.29, 1.82) is 0 Å². The molecule has 20 heavy (non-hydrogen) atoms. The fourth-order valence-corrected chi connectivity index (χ4v) is 3.84. The highest BCUT2D eigenvalue weighted by molar-refractivity contribution is 9.10. The van der Waals surface area contributed by atoms with E-state index in [1.54, 1.807) is 7.11 Å². The van der Waals surface area contributed by atoms with Gasteiger partial charge in [-0.15, -0.1) is 0 Å². The van der Waals surface area contributed by atoms with Crippen molar-refractivity contribution in [1.82, 2.24) is 9.97 Å². The van der Waals surface area contributed by atoms with E-state index in [9.17, 15) is 0 Å². The second kappa shape index (κ2) is 6.29. The van der Waals surface area contributed by atoms with Crippen LogP contribution in [0.25, 0.3) is 0 Å². The third-order valence-corrected chi connectivity index (χ3v) is 5.69. The molecular formula is C15H20BrClN2O. The van der Waals surface area contributed by atoms with Gasteiger partial charge in [0.15, 0.2) is 5.82 Å². The SMILES string of the molecule is COC(c1nc(Cl)c(Br)c(C2CC2)n1)C1CCCCC1. The van der Waals surface area contributed by atoms with Crippen molar-refractivity contribution in [3.8, 4) is 0 Å². The Morgan fingerprint density at radius 2 is 1.85 bits per heavy atom. The zero-order valence-electron chi connectivity index (χ0n) is 11.7. The molecular weight excluding hydrogens is 340 g/mol. The second-order valence-corrected chi connectivity index (χ2v) is 7.05. The molecule has 3 rings (SSSR count). The van der Waals surface area contributed by atoms with E-state index in [1.807, 2.05) is 0 Å². The van der Waals surface area contributed by atoms with Gasteiger partial charge in [-0.2, -0.15) is 0 Å². The zero-order chi connectivity index (χ0) is 14.1. The Labute approximate surface area is 133 Å². The lowest BCUT2D eigenvalue weighted by molar-refractivity contribution is 0.0287. The van der Waals surface area contributed by atoms with Crippen LogP contribution in [0, 0.1) is 5.92 Å². The number of nitrogens with zero attached hydrogens (tertiary/aromatic N) is 2. The predicted octanol–water partition coefficient (Wildman–Crippen LogP) is 5.04. The monoisotopic (exact) mass is 358 g/mol. The van der Waals surface area contributed by atoms with Crippen LogP contribution in [-0.4, -0.2) is 17.1 Å². The normalized spacial score (nSPS) is 21.9. The second-order valence-electron chi connectivity index (χ2n) is 5.90. The number of halogens is 2. The first kappa shape index (κ1) is 14.7. The molecule has 0 bridgehead atoms. The van der Waals surface area contributed by atoms with Crippen molar-refractivity contribution in [3.63, 3.8) is 0 Å². The average Bonchev–Trinajstić information content (AvgIpc) is 3.29. The molecule has 0 amide bonds. The van der Waals surface area contributed by atoms with Crippen LogP contribution in [-0.2, 0) is 4.74 Å². The van der Waals surface area contributed by atoms with Crippen molar-refractivity contribution in [2.24, 2.45) is 5.92 Å². The lowest BCUT2D eigenvalue weighted by Gasteiger charge is -2.28. The fraction of sp³-hybridized carbons (Fsp3) is 0.733. The van der Waals surface area contributed by atoms with Crippen molar-refractivity contribution >= 4 is 27.5 Å². The van der Waals surface area contributed by atoms with Gasteiger partial charge >= 0.3 is 0 Å². The van der Waals surface area contributed by atoms with Crippen LogP contribution in [0.15, 0.2) is 4.47 Å². The van der Waals surface area contributed by atoms with Gasteiger partial charge in [0.2, 0.25) is 0 Å². The van der Waals surface area contributed by atoms with Gasteiger partial charge in [0.25, 0.3) is 0 Å². The van der Waals surface area contributed by atoms with Gasteiger partial charge in [0.05, 0.1) is 10.2 Å². The number of hydrogen-bond donors (Lipinski definition) is 0. The summed E-state index contributed by atoms with van der Waals surface area (Å²) in [7, 11) is 1.76. The van der Waals surface area contributed by atoms with Crippen molar-refractivity contribution in [2.75, 3.05) is 7.11 Å². The van der Waals surface area contributed by atoms with E-state index in [2.05, 4.69) is 20.9 Å². The summed E-state index contributed by atoms with van der Waals surface area (Å²) in [6, 6.07) is 0. The molecule has 2 saturated carbocycles. The molecule has 110 valence electrons. The number of rotatable bonds is 4. The van der Waals surface area contributed by atoms with Crippen LogP contribution in [0.2, 0.25) is 5.15 Å². The maximum atomic E-state index is 6.28. The summed E-state index contributed by atoms with van der Waals surface area (Å²) in [6.07, 6.45) is 8.69. The summed E-state index contributed by atoms with van der Waals surface area (Å²) in [6.45, 7) is 0. The minimum absolute atomic E-state index is 0.0154. The molecule has 0 aromatic carbocycles. The maximum Gasteiger partial charge on any atom is 0.159 e. The quantitative estimate of drug-likeness (QED) is 0.707. The van der Waals surface area contributed by atoms with Crippen LogP contribution in [0.5, 0.6) is 0 Å². The first-order valence-corrected chi connectivity index (χ1v) is 8.63. The van der Waals surface area contributed by atoms with Crippen molar-refractivity contribution < 1.29 is 4.74 Å². The van der Waals surface area contributed by atoms with Crippen molar-refractivity contribution in [2.45, 2.75) is 57.0 Å². The van der Waals surface area contributed by atoms with E-state index >= 15 is 0 Å². The van der Waals surface area contributed by atoms with Crippen LogP contribution in [0.3, 0.4) is 0 Å². The first-order valence-electron chi connectivity index (χ1n) is 7.46. The van der Waals surface area contributed by atoms with E-state index in [1.165, 1.54) is 44.9 Å². The predicted molar refractivity (Wildman–Crippen MR) is 83.0 cm³/mol. The van der Waals surface area contributed by atoms with E-state index in [4.69, 9.17) is 21.3 Å². The third-order valence-electron chi connectivity index (χ3n) is 4.40. The Hall–Kier alpha value is -0.190. The molecule has 5 heteroatoms. The van der Waals surface area contributed by atoms with E-state index < -0.39 is 0 Å². The summed E-state index contributed by atoms with van der Waals surface area (Å²) >= 11 is 9.80. The van der Waals surface area contributed by atoms with Crippen LogP contribution >= 0.6 is 27.5 Å². The summed E-state index contributed by atoms with van der Waals surface area (Å²) in [4.78, 5) is 9.25. The van der Waals surface area contributed by atoms with Crippen LogP contribution in [0.4, 0.5) is 0 Å². The Morgan fingerprint density at radius 3 is 2.45 bits per heavy atom. The number of ether oxygens (including phenoxy) is 1.